The van der Waals surface area contributed by atoms with Crippen molar-refractivity contribution in [1.29, 1.82) is 0 Å². The molecule has 0 saturated carbocycles. The Hall–Kier alpha value is -0.750. The highest BCUT2D eigenvalue weighted by Crippen LogP contribution is 2.41. The molecule has 0 atom stereocenters. The van der Waals surface area contributed by atoms with Crippen molar-refractivity contribution in [3.8, 4) is 17.1 Å². The van der Waals surface area contributed by atoms with E-state index < -0.39 is 7.59 Å². The molecule has 0 spiro atoms. The van der Waals surface area contributed by atoms with Gasteiger partial charge in [-0.3, -0.25) is 0 Å². The summed E-state index contributed by atoms with van der Waals surface area (Å²) in [5, 5.41) is 1.87. The van der Waals surface area contributed by atoms with E-state index in [2.05, 4.69) is 15.0 Å². The molecule has 0 bridgehead atoms. The van der Waals surface area contributed by atoms with Gasteiger partial charge < -0.3 is 4.74 Å². The van der Waals surface area contributed by atoms with Gasteiger partial charge in [0.25, 0.3) is 0 Å². The molecule has 0 amide bonds. The van der Waals surface area contributed by atoms with Crippen molar-refractivity contribution in [3.63, 3.8) is 0 Å². The fourth-order valence-corrected chi connectivity index (χ4v) is 2.95. The number of ether oxygens (including phenoxy) is 1. The van der Waals surface area contributed by atoms with Gasteiger partial charge in [0.05, 0.1) is 6.61 Å². The predicted octanol–water partition coefficient (Wildman–Crippen LogP) is 6.74. The number of halogens is 6. The molecule has 0 radical (unpaired) electrons. The molecule has 1 heterocycles. The zero-order valence-electron chi connectivity index (χ0n) is 13.7. The van der Waals surface area contributed by atoms with E-state index in [9.17, 15) is 0 Å². The predicted molar refractivity (Wildman–Crippen MR) is 112 cm³/mol. The van der Waals surface area contributed by atoms with E-state index >= 15 is 0 Å². The molecule has 0 aliphatic heterocycles. The van der Waals surface area contributed by atoms with Gasteiger partial charge in [0.1, 0.15) is 5.75 Å². The zero-order chi connectivity index (χ0) is 19.8. The maximum atomic E-state index is 5.94. The summed E-state index contributed by atoms with van der Waals surface area (Å²) in [5.74, 6) is 0.561. The molecular formula is C17H11Cl6N3O. The van der Waals surface area contributed by atoms with Crippen LogP contribution in [0.5, 0.6) is 5.75 Å². The van der Waals surface area contributed by atoms with Crippen molar-refractivity contribution < 1.29 is 4.74 Å². The van der Waals surface area contributed by atoms with Crippen molar-refractivity contribution in [2.75, 3.05) is 6.61 Å². The average Bonchev–Trinajstić information content (AvgIpc) is 2.60. The van der Waals surface area contributed by atoms with Crippen molar-refractivity contribution in [2.45, 2.75) is 14.5 Å². The summed E-state index contributed by atoms with van der Waals surface area (Å²) in [4.78, 5) is 12.5. The molecular weight excluding hydrogens is 475 g/mol. The van der Waals surface area contributed by atoms with Gasteiger partial charge >= 0.3 is 0 Å². The molecule has 3 rings (SSSR count). The maximum absolute atomic E-state index is 5.94. The van der Waals surface area contributed by atoms with Crippen LogP contribution in [0.3, 0.4) is 0 Å². The summed E-state index contributed by atoms with van der Waals surface area (Å²) in [7, 11) is 0. The van der Waals surface area contributed by atoms with Crippen LogP contribution >= 0.6 is 69.6 Å². The molecule has 1 aromatic heterocycles. The molecule has 0 N–H and O–H groups in total. The molecule has 0 unspecified atom stereocenters. The van der Waals surface area contributed by atoms with Crippen LogP contribution in [0, 0.1) is 0 Å². The van der Waals surface area contributed by atoms with Crippen LogP contribution in [0.1, 0.15) is 18.6 Å². The molecule has 0 fully saturated rings. The van der Waals surface area contributed by atoms with Crippen molar-refractivity contribution >= 4 is 80.4 Å². The summed E-state index contributed by atoms with van der Waals surface area (Å²) in [6.45, 7) is 2.38. The molecule has 0 saturated heterocycles. The fourth-order valence-electron chi connectivity index (χ4n) is 2.44. The molecule has 3 aromatic rings. The van der Waals surface area contributed by atoms with E-state index in [-0.39, 0.29) is 17.5 Å². The quantitative estimate of drug-likeness (QED) is 0.385. The summed E-state index contributed by atoms with van der Waals surface area (Å²) < 4.78 is 1.92. The number of hydrogen-bond donors (Lipinski definition) is 0. The molecule has 4 nitrogen and oxygen atoms in total. The third kappa shape index (κ3) is 4.81. The second kappa shape index (κ2) is 7.94. The molecule has 0 aliphatic rings. The Balaban J connectivity index is 2.26. The third-order valence-electron chi connectivity index (χ3n) is 3.52. The minimum Gasteiger partial charge on any atom is -0.493 e. The van der Waals surface area contributed by atoms with Crippen molar-refractivity contribution in [1.82, 2.24) is 15.0 Å². The van der Waals surface area contributed by atoms with E-state index in [1.54, 1.807) is 6.07 Å². The molecule has 10 heteroatoms. The number of benzene rings is 2. The van der Waals surface area contributed by atoms with Crippen LogP contribution in [0.4, 0.5) is 0 Å². The number of rotatable bonds is 3. The monoisotopic (exact) mass is 483 g/mol. The van der Waals surface area contributed by atoms with Crippen molar-refractivity contribution in [3.05, 3.63) is 48.0 Å². The minimum atomic E-state index is -1.91. The van der Waals surface area contributed by atoms with Gasteiger partial charge in [-0.15, -0.1) is 0 Å². The lowest BCUT2D eigenvalue weighted by atomic mass is 10.1. The van der Waals surface area contributed by atoms with E-state index in [0.29, 0.717) is 17.9 Å². The van der Waals surface area contributed by atoms with Gasteiger partial charge in [-0.2, -0.15) is 0 Å². The molecule has 142 valence electrons. The van der Waals surface area contributed by atoms with Gasteiger partial charge in [0, 0.05) is 10.9 Å². The van der Waals surface area contributed by atoms with E-state index in [4.69, 9.17) is 74.3 Å². The van der Waals surface area contributed by atoms with Gasteiger partial charge in [0.15, 0.2) is 17.5 Å². The fraction of sp³-hybridized carbons (Fsp3) is 0.235. The lowest BCUT2D eigenvalue weighted by Gasteiger charge is -2.16. The molecule has 2 aromatic carbocycles. The Morgan fingerprint density at radius 2 is 1.44 bits per heavy atom. The van der Waals surface area contributed by atoms with Gasteiger partial charge in [-0.25, -0.2) is 15.0 Å². The first kappa shape index (κ1) is 21.0. The van der Waals surface area contributed by atoms with Crippen molar-refractivity contribution in [2.24, 2.45) is 0 Å². The van der Waals surface area contributed by atoms with Crippen LogP contribution in [0.25, 0.3) is 22.2 Å². The molecule has 0 aliphatic carbocycles. The second-order valence-electron chi connectivity index (χ2n) is 5.43. The lowest BCUT2D eigenvalue weighted by molar-refractivity contribution is 0.344. The number of aromatic nitrogens is 3. The van der Waals surface area contributed by atoms with E-state index in [1.165, 1.54) is 0 Å². The Morgan fingerprint density at radius 3 is 2.00 bits per heavy atom. The topological polar surface area (TPSA) is 47.9 Å². The van der Waals surface area contributed by atoms with Crippen LogP contribution in [-0.4, -0.2) is 21.6 Å². The zero-order valence-corrected chi connectivity index (χ0v) is 18.2. The maximum Gasteiger partial charge on any atom is 0.250 e. The highest BCUT2D eigenvalue weighted by molar-refractivity contribution is 6.67. The first-order valence-corrected chi connectivity index (χ1v) is 9.93. The molecule has 27 heavy (non-hydrogen) atoms. The largest absolute Gasteiger partial charge is 0.493 e. The minimum absolute atomic E-state index is 0.148. The average molecular weight is 486 g/mol. The Morgan fingerprint density at radius 1 is 0.852 bits per heavy atom. The first-order chi connectivity index (χ1) is 12.6. The summed E-state index contributed by atoms with van der Waals surface area (Å²) in [6, 6.07) is 11.4. The highest BCUT2D eigenvalue weighted by atomic mass is 35.6. The van der Waals surface area contributed by atoms with Crippen LogP contribution in [-0.2, 0) is 7.59 Å². The van der Waals surface area contributed by atoms with Crippen LogP contribution < -0.4 is 4.74 Å². The number of nitrogens with zero attached hydrogens (tertiary/aromatic N) is 3. The summed E-state index contributed by atoms with van der Waals surface area (Å²) in [6.07, 6.45) is 0. The smallest absolute Gasteiger partial charge is 0.250 e. The van der Waals surface area contributed by atoms with E-state index in [1.807, 2.05) is 37.3 Å². The normalized spacial score (nSPS) is 12.4. The Kier molecular flexibility index (Phi) is 6.17. The number of hydrogen-bond acceptors (Lipinski definition) is 4. The number of alkyl halides is 6. The van der Waals surface area contributed by atoms with E-state index in [0.717, 1.165) is 10.8 Å². The third-order valence-corrected chi connectivity index (χ3v) is 4.54. The Bertz CT molecular complexity index is 952. The number of fused-ring (bicyclic) bond motifs is 1. The highest BCUT2D eigenvalue weighted by Gasteiger charge is 2.34. The summed E-state index contributed by atoms with van der Waals surface area (Å²) in [5.41, 5.74) is 0.602. The second-order valence-corrected chi connectivity index (χ2v) is 9.99. The Labute approximate surface area is 185 Å². The summed E-state index contributed by atoms with van der Waals surface area (Å²) >= 11 is 35.6. The van der Waals surface area contributed by atoms with Crippen LogP contribution in [0.2, 0.25) is 0 Å². The SMILES string of the molecule is CCOc1cc(-c2nc(C(Cl)(Cl)Cl)nc(C(Cl)(Cl)Cl)n2)cc2ccccc12. The van der Waals surface area contributed by atoms with Gasteiger partial charge in [0.2, 0.25) is 7.59 Å². The first-order valence-electron chi connectivity index (χ1n) is 7.66. The van der Waals surface area contributed by atoms with Crippen LogP contribution in [0.15, 0.2) is 36.4 Å². The lowest BCUT2D eigenvalue weighted by Crippen LogP contribution is -2.16. The van der Waals surface area contributed by atoms with Gasteiger partial charge in [-0.1, -0.05) is 93.9 Å². The van der Waals surface area contributed by atoms with Gasteiger partial charge in [-0.05, 0) is 24.4 Å². The standard InChI is InChI=1S/C17H11Cl6N3O/c1-2-27-12-8-10(7-9-5-3-4-6-11(9)12)13-24-14(16(18,19)20)26-15(25-13)17(21,22)23/h3-8H,2H2,1H3.